The van der Waals surface area contributed by atoms with Gasteiger partial charge in [0.25, 0.3) is 0 Å². The molecule has 0 aliphatic rings. The third-order valence-electron chi connectivity index (χ3n) is 1.96. The van der Waals surface area contributed by atoms with E-state index in [2.05, 4.69) is 11.6 Å². The first-order valence-corrected chi connectivity index (χ1v) is 4.42. The first-order chi connectivity index (χ1) is 6.20. The lowest BCUT2D eigenvalue weighted by Gasteiger charge is -2.11. The van der Waals surface area contributed by atoms with E-state index in [9.17, 15) is 0 Å². The van der Waals surface area contributed by atoms with Crippen molar-refractivity contribution in [2.24, 2.45) is 0 Å². The molecular formula is C11H15NO. The van der Waals surface area contributed by atoms with Gasteiger partial charge in [0, 0.05) is 17.3 Å². The maximum Gasteiger partial charge on any atom is 0.128 e. The quantitative estimate of drug-likeness (QED) is 0.708. The zero-order chi connectivity index (χ0) is 9.84. The van der Waals surface area contributed by atoms with Crippen LogP contribution >= 0.6 is 0 Å². The number of hydrogen-bond donors (Lipinski definition) is 0. The van der Waals surface area contributed by atoms with Crippen molar-refractivity contribution in [2.45, 2.75) is 20.8 Å². The third-order valence-corrected chi connectivity index (χ3v) is 1.96. The summed E-state index contributed by atoms with van der Waals surface area (Å²) in [7, 11) is 0. The van der Waals surface area contributed by atoms with E-state index in [4.69, 9.17) is 4.74 Å². The van der Waals surface area contributed by atoms with Gasteiger partial charge in [0.2, 0.25) is 0 Å². The molecule has 0 fully saturated rings. The average molecular weight is 177 g/mol. The normalized spacial score (nSPS) is 9.77. The van der Waals surface area contributed by atoms with Crippen molar-refractivity contribution in [3.05, 3.63) is 29.6 Å². The number of aryl methyl sites for hydroxylation is 1. The summed E-state index contributed by atoms with van der Waals surface area (Å²) in [6.45, 7) is 10.4. The molecule has 0 aliphatic carbocycles. The predicted octanol–water partition coefficient (Wildman–Crippen LogP) is 2.74. The van der Waals surface area contributed by atoms with Crippen LogP contribution in [0.25, 0.3) is 6.08 Å². The maximum absolute atomic E-state index is 5.52. The third kappa shape index (κ3) is 1.89. The van der Waals surface area contributed by atoms with Gasteiger partial charge in [-0.1, -0.05) is 6.58 Å². The van der Waals surface area contributed by atoms with Gasteiger partial charge in [0.05, 0.1) is 12.3 Å². The van der Waals surface area contributed by atoms with Crippen LogP contribution < -0.4 is 4.74 Å². The van der Waals surface area contributed by atoms with Crippen molar-refractivity contribution in [2.75, 3.05) is 6.61 Å². The van der Waals surface area contributed by atoms with Gasteiger partial charge in [-0.05, 0) is 26.8 Å². The summed E-state index contributed by atoms with van der Waals surface area (Å²) in [4.78, 5) is 4.24. The summed E-state index contributed by atoms with van der Waals surface area (Å²) in [5.74, 6) is 0.937. The Hall–Kier alpha value is -1.31. The molecule has 0 bridgehead atoms. The van der Waals surface area contributed by atoms with Crippen LogP contribution in [0.3, 0.4) is 0 Å². The van der Waals surface area contributed by atoms with Crippen LogP contribution in [0.2, 0.25) is 0 Å². The summed E-state index contributed by atoms with van der Waals surface area (Å²) in [5, 5.41) is 0. The molecule has 1 heterocycles. The largest absolute Gasteiger partial charge is 0.493 e. The minimum Gasteiger partial charge on any atom is -0.493 e. The number of pyridine rings is 1. The minimum atomic E-state index is 0.683. The second kappa shape index (κ2) is 4.08. The Labute approximate surface area is 79.3 Å². The van der Waals surface area contributed by atoms with Gasteiger partial charge in [-0.15, -0.1) is 0 Å². The molecule has 13 heavy (non-hydrogen) atoms. The highest BCUT2D eigenvalue weighted by atomic mass is 16.5. The van der Waals surface area contributed by atoms with Crippen LogP contribution in [-0.4, -0.2) is 11.6 Å². The van der Waals surface area contributed by atoms with E-state index in [0.29, 0.717) is 6.61 Å². The summed E-state index contributed by atoms with van der Waals surface area (Å²) < 4.78 is 5.52. The molecule has 0 amide bonds. The topological polar surface area (TPSA) is 22.1 Å². The Balaban J connectivity index is 3.21. The Morgan fingerprint density at radius 1 is 1.54 bits per heavy atom. The van der Waals surface area contributed by atoms with Crippen molar-refractivity contribution in [3.63, 3.8) is 0 Å². The standard InChI is InChI=1S/C11H15NO/c1-5-10-9(4)11(13-6-2)8(3)7-12-10/h5,7H,1,6H2,2-4H3. The molecular weight excluding hydrogens is 162 g/mol. The van der Waals surface area contributed by atoms with E-state index in [1.54, 1.807) is 6.08 Å². The zero-order valence-electron chi connectivity index (χ0n) is 8.42. The van der Waals surface area contributed by atoms with E-state index >= 15 is 0 Å². The fourth-order valence-corrected chi connectivity index (χ4v) is 1.31. The molecule has 0 N–H and O–H groups in total. The Bertz CT molecular complexity index is 318. The first-order valence-electron chi connectivity index (χ1n) is 4.42. The molecule has 0 saturated heterocycles. The Morgan fingerprint density at radius 3 is 2.77 bits per heavy atom. The van der Waals surface area contributed by atoms with Crippen molar-refractivity contribution < 1.29 is 4.74 Å². The van der Waals surface area contributed by atoms with Crippen LogP contribution in [0.4, 0.5) is 0 Å². The number of hydrogen-bond acceptors (Lipinski definition) is 2. The highest BCUT2D eigenvalue weighted by molar-refractivity contribution is 5.53. The molecule has 0 aliphatic heterocycles. The molecule has 0 aromatic carbocycles. The number of ether oxygens (including phenoxy) is 1. The molecule has 1 rings (SSSR count). The molecule has 0 radical (unpaired) electrons. The second-order valence-electron chi connectivity index (χ2n) is 2.92. The SMILES string of the molecule is C=Cc1ncc(C)c(OCC)c1C. The zero-order valence-corrected chi connectivity index (χ0v) is 8.42. The van der Waals surface area contributed by atoms with Gasteiger partial charge in [-0.25, -0.2) is 0 Å². The average Bonchev–Trinajstić information content (AvgIpc) is 2.12. The van der Waals surface area contributed by atoms with Crippen LogP contribution in [0, 0.1) is 13.8 Å². The molecule has 0 saturated carbocycles. The highest BCUT2D eigenvalue weighted by Crippen LogP contribution is 2.24. The molecule has 2 nitrogen and oxygen atoms in total. The van der Waals surface area contributed by atoms with Gasteiger partial charge in [0.1, 0.15) is 5.75 Å². The summed E-state index contributed by atoms with van der Waals surface area (Å²) in [5.41, 5.74) is 3.04. The molecule has 1 aromatic heterocycles. The van der Waals surface area contributed by atoms with E-state index in [-0.39, 0.29) is 0 Å². The van der Waals surface area contributed by atoms with Crippen LogP contribution in [0.1, 0.15) is 23.7 Å². The van der Waals surface area contributed by atoms with E-state index < -0.39 is 0 Å². The number of rotatable bonds is 3. The van der Waals surface area contributed by atoms with Gasteiger partial charge in [-0.2, -0.15) is 0 Å². The van der Waals surface area contributed by atoms with Crippen molar-refractivity contribution in [1.82, 2.24) is 4.98 Å². The lowest BCUT2D eigenvalue weighted by atomic mass is 10.1. The van der Waals surface area contributed by atoms with E-state index in [1.807, 2.05) is 27.0 Å². The molecule has 0 atom stereocenters. The summed E-state index contributed by atoms with van der Waals surface area (Å²) >= 11 is 0. The van der Waals surface area contributed by atoms with Crippen LogP contribution in [0.15, 0.2) is 12.8 Å². The van der Waals surface area contributed by atoms with Crippen molar-refractivity contribution in [1.29, 1.82) is 0 Å². The summed E-state index contributed by atoms with van der Waals surface area (Å²) in [6.07, 6.45) is 3.56. The second-order valence-corrected chi connectivity index (χ2v) is 2.92. The monoisotopic (exact) mass is 177 g/mol. The van der Waals surface area contributed by atoms with Gasteiger partial charge < -0.3 is 4.74 Å². The van der Waals surface area contributed by atoms with E-state index in [0.717, 1.165) is 22.6 Å². The summed E-state index contributed by atoms with van der Waals surface area (Å²) in [6, 6.07) is 0. The van der Waals surface area contributed by atoms with Crippen molar-refractivity contribution in [3.8, 4) is 5.75 Å². The molecule has 0 unspecified atom stereocenters. The highest BCUT2D eigenvalue weighted by Gasteiger charge is 2.06. The number of nitrogens with zero attached hydrogens (tertiary/aromatic N) is 1. The van der Waals surface area contributed by atoms with Crippen LogP contribution in [0.5, 0.6) is 5.75 Å². The van der Waals surface area contributed by atoms with Gasteiger partial charge in [-0.3, -0.25) is 4.98 Å². The first kappa shape index (κ1) is 9.78. The fraction of sp³-hybridized carbons (Fsp3) is 0.364. The van der Waals surface area contributed by atoms with Crippen molar-refractivity contribution >= 4 is 6.08 Å². The lowest BCUT2D eigenvalue weighted by Crippen LogP contribution is -1.99. The fourth-order valence-electron chi connectivity index (χ4n) is 1.31. The number of aromatic nitrogens is 1. The lowest BCUT2D eigenvalue weighted by molar-refractivity contribution is 0.335. The Kier molecular flexibility index (Phi) is 3.07. The molecule has 2 heteroatoms. The molecule has 1 aromatic rings. The van der Waals surface area contributed by atoms with Gasteiger partial charge >= 0.3 is 0 Å². The minimum absolute atomic E-state index is 0.683. The maximum atomic E-state index is 5.52. The van der Waals surface area contributed by atoms with Crippen LogP contribution in [-0.2, 0) is 0 Å². The van der Waals surface area contributed by atoms with E-state index in [1.165, 1.54) is 0 Å². The van der Waals surface area contributed by atoms with Gasteiger partial charge in [0.15, 0.2) is 0 Å². The molecule has 70 valence electrons. The Morgan fingerprint density at radius 2 is 2.23 bits per heavy atom. The predicted molar refractivity (Wildman–Crippen MR) is 55.0 cm³/mol. The molecule has 0 spiro atoms. The smallest absolute Gasteiger partial charge is 0.128 e.